The van der Waals surface area contributed by atoms with E-state index in [0.29, 0.717) is 0 Å². The van der Waals surface area contributed by atoms with Crippen molar-refractivity contribution in [3.63, 3.8) is 0 Å². The number of rotatable bonds is 2. The molecule has 0 aromatic carbocycles. The van der Waals surface area contributed by atoms with Gasteiger partial charge in [0.05, 0.1) is 0 Å². The van der Waals surface area contributed by atoms with E-state index >= 15 is 0 Å². The lowest BCUT2D eigenvalue weighted by atomic mass is 9.68. The Morgan fingerprint density at radius 3 is 2.47 bits per heavy atom. The molecule has 1 saturated carbocycles. The fourth-order valence-electron chi connectivity index (χ4n) is 3.63. The van der Waals surface area contributed by atoms with Crippen LogP contribution in [0.2, 0.25) is 0 Å². The van der Waals surface area contributed by atoms with Crippen molar-refractivity contribution in [1.29, 1.82) is 0 Å². The first-order chi connectivity index (χ1) is 8.36. The van der Waals surface area contributed by atoms with Crippen LogP contribution < -0.4 is 0 Å². The highest BCUT2D eigenvalue weighted by Crippen LogP contribution is 2.44. The van der Waals surface area contributed by atoms with E-state index in [4.69, 9.17) is 0 Å². The summed E-state index contributed by atoms with van der Waals surface area (Å²) in [6, 6.07) is 2.27. The molecule has 2 aliphatic rings. The molecule has 1 aliphatic carbocycles. The average molecular weight is 249 g/mol. The zero-order valence-corrected chi connectivity index (χ0v) is 11.5. The Labute approximate surface area is 109 Å². The van der Waals surface area contributed by atoms with Crippen LogP contribution in [0.1, 0.15) is 50.5 Å². The van der Waals surface area contributed by atoms with Crippen LogP contribution in [0.25, 0.3) is 0 Å². The average Bonchev–Trinajstić information content (AvgIpc) is 2.87. The molecule has 2 heterocycles. The molecule has 17 heavy (non-hydrogen) atoms. The summed E-state index contributed by atoms with van der Waals surface area (Å²) in [4.78, 5) is 2.65. The Morgan fingerprint density at radius 2 is 1.82 bits per heavy atom. The van der Waals surface area contributed by atoms with Crippen molar-refractivity contribution in [1.82, 2.24) is 4.90 Å². The van der Waals surface area contributed by atoms with Gasteiger partial charge in [-0.1, -0.05) is 19.3 Å². The largest absolute Gasteiger partial charge is 0.299 e. The fraction of sp³-hybridized carbons (Fsp3) is 0.733. The number of nitrogens with zero attached hydrogens (tertiary/aromatic N) is 1. The van der Waals surface area contributed by atoms with E-state index in [1.807, 2.05) is 11.3 Å². The van der Waals surface area contributed by atoms with Gasteiger partial charge in [0.1, 0.15) is 0 Å². The second-order valence-corrected chi connectivity index (χ2v) is 6.75. The van der Waals surface area contributed by atoms with Crippen LogP contribution in [0, 0.1) is 5.41 Å². The molecule has 1 aromatic heterocycles. The van der Waals surface area contributed by atoms with Gasteiger partial charge >= 0.3 is 0 Å². The predicted octanol–water partition coefficient (Wildman–Crippen LogP) is 4.29. The van der Waals surface area contributed by atoms with E-state index in [1.165, 1.54) is 70.1 Å². The number of hydrogen-bond acceptors (Lipinski definition) is 2. The zero-order valence-electron chi connectivity index (χ0n) is 10.7. The number of hydrogen-bond donors (Lipinski definition) is 0. The number of piperidine rings is 1. The SMILES string of the molecule is c1cc(CN2CCC3(CCCCC3)CC2)cs1. The van der Waals surface area contributed by atoms with Gasteiger partial charge in [0, 0.05) is 6.54 Å². The van der Waals surface area contributed by atoms with Crippen molar-refractivity contribution < 1.29 is 0 Å². The first-order valence-corrected chi connectivity index (χ1v) is 8.04. The highest BCUT2D eigenvalue weighted by atomic mass is 32.1. The van der Waals surface area contributed by atoms with Crippen LogP contribution in [0.5, 0.6) is 0 Å². The third-order valence-electron chi connectivity index (χ3n) is 4.82. The Balaban J connectivity index is 1.53. The Bertz CT molecular complexity index is 328. The van der Waals surface area contributed by atoms with Gasteiger partial charge in [-0.2, -0.15) is 11.3 Å². The van der Waals surface area contributed by atoms with Gasteiger partial charge in [0.25, 0.3) is 0 Å². The molecule has 1 aliphatic heterocycles. The minimum atomic E-state index is 0.753. The summed E-state index contributed by atoms with van der Waals surface area (Å²) in [6.07, 6.45) is 10.4. The summed E-state index contributed by atoms with van der Waals surface area (Å²) >= 11 is 1.82. The Morgan fingerprint density at radius 1 is 1.06 bits per heavy atom. The molecule has 1 aromatic rings. The fourth-order valence-corrected chi connectivity index (χ4v) is 4.29. The molecule has 3 rings (SSSR count). The number of thiophene rings is 1. The van der Waals surface area contributed by atoms with Crippen molar-refractivity contribution >= 4 is 11.3 Å². The lowest BCUT2D eigenvalue weighted by molar-refractivity contribution is 0.0642. The molecule has 0 N–H and O–H groups in total. The molecule has 0 radical (unpaired) electrons. The van der Waals surface area contributed by atoms with E-state index in [2.05, 4.69) is 21.7 Å². The van der Waals surface area contributed by atoms with Gasteiger partial charge in [-0.15, -0.1) is 0 Å². The molecule has 0 atom stereocenters. The monoisotopic (exact) mass is 249 g/mol. The maximum Gasteiger partial charge on any atom is 0.0241 e. The molecule has 1 saturated heterocycles. The van der Waals surface area contributed by atoms with Crippen LogP contribution in [0.3, 0.4) is 0 Å². The van der Waals surface area contributed by atoms with Gasteiger partial charge in [-0.25, -0.2) is 0 Å². The highest BCUT2D eigenvalue weighted by molar-refractivity contribution is 7.07. The molecular weight excluding hydrogens is 226 g/mol. The summed E-state index contributed by atoms with van der Waals surface area (Å²) in [6.45, 7) is 3.84. The standard InChI is InChI=1S/C15H23NS/c1-2-5-15(6-3-1)7-9-16(10-8-15)12-14-4-11-17-13-14/h4,11,13H,1-3,5-10,12H2. The minimum absolute atomic E-state index is 0.753. The van der Waals surface area contributed by atoms with Crippen molar-refractivity contribution in [3.8, 4) is 0 Å². The van der Waals surface area contributed by atoms with Crippen LogP contribution >= 0.6 is 11.3 Å². The third-order valence-corrected chi connectivity index (χ3v) is 5.55. The van der Waals surface area contributed by atoms with E-state index in [1.54, 1.807) is 0 Å². The maximum absolute atomic E-state index is 2.65. The van der Waals surface area contributed by atoms with Crippen LogP contribution in [-0.2, 0) is 6.54 Å². The van der Waals surface area contributed by atoms with E-state index in [-0.39, 0.29) is 0 Å². The summed E-state index contributed by atoms with van der Waals surface area (Å²) in [5, 5.41) is 4.49. The summed E-state index contributed by atoms with van der Waals surface area (Å²) < 4.78 is 0. The van der Waals surface area contributed by atoms with E-state index in [0.717, 1.165) is 5.41 Å². The van der Waals surface area contributed by atoms with Gasteiger partial charge in [-0.3, -0.25) is 4.90 Å². The first kappa shape index (κ1) is 11.7. The summed E-state index contributed by atoms with van der Waals surface area (Å²) in [7, 11) is 0. The molecule has 0 amide bonds. The minimum Gasteiger partial charge on any atom is -0.299 e. The molecule has 1 spiro atoms. The van der Waals surface area contributed by atoms with Gasteiger partial charge < -0.3 is 0 Å². The van der Waals surface area contributed by atoms with Crippen LogP contribution in [0.15, 0.2) is 16.8 Å². The van der Waals surface area contributed by atoms with Crippen LogP contribution in [-0.4, -0.2) is 18.0 Å². The quantitative estimate of drug-likeness (QED) is 0.755. The molecular formula is C15H23NS. The smallest absolute Gasteiger partial charge is 0.0241 e. The van der Waals surface area contributed by atoms with Crippen molar-refractivity contribution in [3.05, 3.63) is 22.4 Å². The molecule has 1 nitrogen and oxygen atoms in total. The van der Waals surface area contributed by atoms with E-state index in [9.17, 15) is 0 Å². The second kappa shape index (κ2) is 5.11. The lowest BCUT2D eigenvalue weighted by Crippen LogP contribution is -2.40. The van der Waals surface area contributed by atoms with Gasteiger partial charge in [0.15, 0.2) is 0 Å². The summed E-state index contributed by atoms with van der Waals surface area (Å²) in [5.74, 6) is 0. The van der Waals surface area contributed by atoms with Crippen LogP contribution in [0.4, 0.5) is 0 Å². The Kier molecular flexibility index (Phi) is 3.53. The predicted molar refractivity (Wildman–Crippen MR) is 74.3 cm³/mol. The molecule has 2 heteroatoms. The summed E-state index contributed by atoms with van der Waals surface area (Å²) in [5.41, 5.74) is 2.26. The second-order valence-electron chi connectivity index (χ2n) is 5.97. The topological polar surface area (TPSA) is 3.24 Å². The molecule has 0 bridgehead atoms. The maximum atomic E-state index is 2.65. The van der Waals surface area contributed by atoms with Crippen molar-refractivity contribution in [2.24, 2.45) is 5.41 Å². The molecule has 2 fully saturated rings. The normalized spacial score (nSPS) is 25.2. The lowest BCUT2D eigenvalue weighted by Gasteiger charge is -2.44. The molecule has 0 unspecified atom stereocenters. The van der Waals surface area contributed by atoms with E-state index < -0.39 is 0 Å². The molecule has 94 valence electrons. The first-order valence-electron chi connectivity index (χ1n) is 7.10. The van der Waals surface area contributed by atoms with Crippen molar-refractivity contribution in [2.45, 2.75) is 51.5 Å². The number of likely N-dealkylation sites (tertiary alicyclic amines) is 1. The van der Waals surface area contributed by atoms with Gasteiger partial charge in [0.2, 0.25) is 0 Å². The van der Waals surface area contributed by atoms with Gasteiger partial charge in [-0.05, 0) is 66.6 Å². The Hall–Kier alpha value is -0.340. The highest BCUT2D eigenvalue weighted by Gasteiger charge is 2.35. The zero-order chi connectivity index (χ0) is 11.6. The van der Waals surface area contributed by atoms with Crippen molar-refractivity contribution in [2.75, 3.05) is 13.1 Å². The third kappa shape index (κ3) is 2.74.